The van der Waals surface area contributed by atoms with Crippen molar-refractivity contribution in [2.75, 3.05) is 11.9 Å². The molecule has 4 heterocycles. The summed E-state index contributed by atoms with van der Waals surface area (Å²) in [6.07, 6.45) is 0.488. The number of aromatic nitrogens is 2. The molecule has 0 saturated carbocycles. The maximum Gasteiger partial charge on any atom is 0.275 e. The third kappa shape index (κ3) is 3.99. The number of hydrogen-bond donors (Lipinski definition) is 4. The molecule has 192 valence electrons. The molecule has 1 unspecified atom stereocenters. The Labute approximate surface area is 207 Å². The molecule has 3 atom stereocenters. The molecule has 4 rings (SSSR count). The van der Waals surface area contributed by atoms with E-state index in [9.17, 15) is 18.1 Å². The normalized spacial score (nSPS) is 30.2. The molecule has 0 spiro atoms. The van der Waals surface area contributed by atoms with Crippen LogP contribution in [-0.2, 0) is 5.54 Å². The van der Waals surface area contributed by atoms with Gasteiger partial charge in [-0.1, -0.05) is 10.5 Å². The van der Waals surface area contributed by atoms with Crippen LogP contribution in [0.5, 0.6) is 0 Å². The van der Waals surface area contributed by atoms with Gasteiger partial charge in [0.05, 0.1) is 22.1 Å². The average molecular weight is 522 g/mol. The highest BCUT2D eigenvalue weighted by Gasteiger charge is 2.64. The van der Waals surface area contributed by atoms with Crippen LogP contribution in [0, 0.1) is 24.1 Å². The summed E-state index contributed by atoms with van der Waals surface area (Å²) in [4.78, 5) is 25.5. The van der Waals surface area contributed by atoms with E-state index in [-0.39, 0.29) is 28.6 Å². The number of amidine groups is 1. The largest absolute Gasteiger partial charge is 0.386 e. The molecule has 2 aromatic rings. The Morgan fingerprint density at radius 3 is 2.69 bits per heavy atom. The molecule has 2 aliphatic rings. The maximum absolute atomic E-state index is 15.2. The SMILES string of the molecule is Cc1cc(C#N)cnc1C(=O)Nc1ccc(F)c([C@@]2(C)N=C(N)C(C)(C)S3(O)NCC(F)(F)C[C@H]23)n1. The number of fused-ring (bicyclic) bond motifs is 1. The van der Waals surface area contributed by atoms with Crippen molar-refractivity contribution in [3.63, 3.8) is 0 Å². The number of halogens is 3. The van der Waals surface area contributed by atoms with Gasteiger partial charge in [-0.15, -0.1) is 0 Å². The first-order valence-electron chi connectivity index (χ1n) is 11.0. The molecular formula is C23H26F3N7O2S. The Morgan fingerprint density at radius 1 is 1.36 bits per heavy atom. The zero-order valence-corrected chi connectivity index (χ0v) is 20.9. The van der Waals surface area contributed by atoms with Gasteiger partial charge in [-0.25, -0.2) is 23.1 Å². The standard InChI is InChI=1S/C23H26F3N7O2S/c1-12-7-13(9-27)10-29-17(12)19(34)32-16-6-5-14(24)18(31-16)22(4)15-8-23(25,26)11-30-36(15,35)21(2,3)20(28)33-22/h5-7,10,15,30,35H,8,11H2,1-4H3,(H2,28,33)(H,31,32,34)/t15-,22+/m1/s1. The highest BCUT2D eigenvalue weighted by molar-refractivity contribution is 8.29. The van der Waals surface area contributed by atoms with Crippen molar-refractivity contribution in [3.8, 4) is 6.07 Å². The van der Waals surface area contributed by atoms with Crippen LogP contribution >= 0.6 is 10.5 Å². The first-order valence-corrected chi connectivity index (χ1v) is 12.7. The van der Waals surface area contributed by atoms with Crippen LogP contribution in [-0.4, -0.2) is 48.7 Å². The van der Waals surface area contributed by atoms with Crippen LogP contribution in [0.3, 0.4) is 0 Å². The van der Waals surface area contributed by atoms with E-state index in [1.807, 2.05) is 6.07 Å². The summed E-state index contributed by atoms with van der Waals surface area (Å²) in [5.74, 6) is -4.78. The predicted octanol–water partition coefficient (Wildman–Crippen LogP) is 3.60. The summed E-state index contributed by atoms with van der Waals surface area (Å²) >= 11 is 0. The van der Waals surface area contributed by atoms with Gasteiger partial charge in [0.15, 0.2) is 0 Å². The van der Waals surface area contributed by atoms with Gasteiger partial charge in [-0.3, -0.25) is 14.5 Å². The van der Waals surface area contributed by atoms with E-state index in [1.165, 1.54) is 25.3 Å². The van der Waals surface area contributed by atoms with Gasteiger partial charge >= 0.3 is 0 Å². The van der Waals surface area contributed by atoms with Gasteiger partial charge in [-0.05, 0) is 51.5 Å². The fraction of sp³-hybridized carbons (Fsp3) is 0.435. The maximum atomic E-state index is 15.2. The number of nitrogens with zero attached hydrogens (tertiary/aromatic N) is 4. The number of nitrogens with two attached hydrogens (primary N) is 1. The fourth-order valence-corrected chi connectivity index (χ4v) is 7.97. The molecule has 9 nitrogen and oxygen atoms in total. The predicted molar refractivity (Wildman–Crippen MR) is 130 cm³/mol. The van der Waals surface area contributed by atoms with Gasteiger partial charge in [0.1, 0.15) is 40.5 Å². The number of nitrogens with one attached hydrogen (secondary N) is 2. The van der Waals surface area contributed by atoms with E-state index in [1.54, 1.807) is 20.8 Å². The molecule has 1 amide bonds. The van der Waals surface area contributed by atoms with Gasteiger partial charge in [0.25, 0.3) is 11.8 Å². The fourth-order valence-electron chi connectivity index (χ4n) is 4.58. The number of aliphatic imine (C=N–C) groups is 1. The first-order chi connectivity index (χ1) is 16.6. The second-order valence-electron chi connectivity index (χ2n) is 9.63. The van der Waals surface area contributed by atoms with Gasteiger partial charge in [-0.2, -0.15) is 5.26 Å². The third-order valence-corrected chi connectivity index (χ3v) is 10.6. The molecule has 0 bridgehead atoms. The molecule has 13 heteroatoms. The lowest BCUT2D eigenvalue weighted by molar-refractivity contribution is -0.0148. The van der Waals surface area contributed by atoms with Crippen LogP contribution in [0.1, 0.15) is 54.5 Å². The summed E-state index contributed by atoms with van der Waals surface area (Å²) < 4.78 is 57.4. The van der Waals surface area contributed by atoms with Crippen LogP contribution in [0.4, 0.5) is 19.0 Å². The van der Waals surface area contributed by atoms with E-state index in [0.29, 0.717) is 5.56 Å². The van der Waals surface area contributed by atoms with Crippen molar-refractivity contribution in [1.82, 2.24) is 14.7 Å². The van der Waals surface area contributed by atoms with Gasteiger partial charge in [0, 0.05) is 12.6 Å². The minimum absolute atomic E-state index is 0.0236. The number of rotatable bonds is 3. The zero-order chi connectivity index (χ0) is 26.7. The molecule has 2 aliphatic heterocycles. The summed E-state index contributed by atoms with van der Waals surface area (Å²) in [5, 5.41) is 10.3. The topological polar surface area (TPSA) is 149 Å². The van der Waals surface area contributed by atoms with E-state index in [0.717, 1.165) is 6.07 Å². The van der Waals surface area contributed by atoms with Crippen molar-refractivity contribution in [1.29, 1.82) is 5.26 Å². The minimum Gasteiger partial charge on any atom is -0.386 e. The average Bonchev–Trinajstić information content (AvgIpc) is 2.80. The van der Waals surface area contributed by atoms with Crippen molar-refractivity contribution in [2.24, 2.45) is 10.7 Å². The van der Waals surface area contributed by atoms with Crippen molar-refractivity contribution in [2.45, 2.75) is 55.6 Å². The Kier molecular flexibility index (Phi) is 6.06. The second kappa shape index (κ2) is 8.43. The Balaban J connectivity index is 1.77. The lowest BCUT2D eigenvalue weighted by Gasteiger charge is -2.61. The number of anilines is 1. The molecule has 1 saturated heterocycles. The van der Waals surface area contributed by atoms with E-state index < -0.39 is 56.6 Å². The highest BCUT2D eigenvalue weighted by atomic mass is 32.3. The van der Waals surface area contributed by atoms with Crippen molar-refractivity contribution < 1.29 is 22.5 Å². The van der Waals surface area contributed by atoms with Crippen LogP contribution in [0.25, 0.3) is 0 Å². The molecule has 2 aromatic heterocycles. The monoisotopic (exact) mass is 521 g/mol. The quantitative estimate of drug-likeness (QED) is 0.482. The Hall–Kier alpha value is -3.21. The number of amides is 1. The van der Waals surface area contributed by atoms with Crippen molar-refractivity contribution >= 4 is 28.1 Å². The molecular weight excluding hydrogens is 495 g/mol. The first kappa shape index (κ1) is 25.9. The number of alkyl halides is 2. The lowest BCUT2D eigenvalue weighted by Crippen LogP contribution is -2.65. The smallest absolute Gasteiger partial charge is 0.275 e. The Morgan fingerprint density at radius 2 is 2.06 bits per heavy atom. The van der Waals surface area contributed by atoms with Gasteiger partial charge < -0.3 is 15.6 Å². The van der Waals surface area contributed by atoms with E-state index >= 15 is 4.39 Å². The minimum atomic E-state index is -3.18. The number of carbonyl (C=O) groups is 1. The highest BCUT2D eigenvalue weighted by Crippen LogP contribution is 2.67. The zero-order valence-electron chi connectivity index (χ0n) is 20.1. The molecule has 36 heavy (non-hydrogen) atoms. The molecule has 0 aliphatic carbocycles. The summed E-state index contributed by atoms with van der Waals surface area (Å²) in [5.41, 5.74) is 4.87. The van der Waals surface area contributed by atoms with E-state index in [2.05, 4.69) is 25.0 Å². The molecule has 5 N–H and O–H groups in total. The van der Waals surface area contributed by atoms with Gasteiger partial charge in [0.2, 0.25) is 0 Å². The van der Waals surface area contributed by atoms with Crippen LogP contribution in [0.2, 0.25) is 0 Å². The molecule has 1 fully saturated rings. The van der Waals surface area contributed by atoms with Crippen molar-refractivity contribution in [3.05, 3.63) is 52.7 Å². The lowest BCUT2D eigenvalue weighted by atomic mass is 9.88. The number of aryl methyl sites for hydroxylation is 1. The molecule has 0 aromatic carbocycles. The number of nitriles is 1. The summed E-state index contributed by atoms with van der Waals surface area (Å²) in [6.45, 7) is 5.48. The number of hydrogen-bond acceptors (Lipinski definition) is 8. The number of carbonyl (C=O) groups excluding carboxylic acids is 1. The second-order valence-corrected chi connectivity index (χ2v) is 12.8. The van der Waals surface area contributed by atoms with E-state index in [4.69, 9.17) is 11.0 Å². The summed E-state index contributed by atoms with van der Waals surface area (Å²) in [6, 6.07) is 5.68. The summed E-state index contributed by atoms with van der Waals surface area (Å²) in [7, 11) is -3.06. The molecule has 0 radical (unpaired) electrons. The number of pyridine rings is 2. The Bertz CT molecular complexity index is 1330. The van der Waals surface area contributed by atoms with Crippen LogP contribution < -0.4 is 15.8 Å². The third-order valence-electron chi connectivity index (χ3n) is 6.81. The van der Waals surface area contributed by atoms with Crippen LogP contribution in [0.15, 0.2) is 29.4 Å².